The second-order valence-corrected chi connectivity index (χ2v) is 11.8. The number of aliphatic carboxylic acids is 1. The van der Waals surface area contributed by atoms with Crippen LogP contribution in [0.2, 0.25) is 0 Å². The fraction of sp³-hybridized carbons (Fsp3) is 0.941. The molecule has 4 heteroatoms. The summed E-state index contributed by atoms with van der Waals surface area (Å²) in [5, 5.41) is 9.60. The van der Waals surface area contributed by atoms with Crippen LogP contribution in [0.25, 0.3) is 0 Å². The molecule has 38 heavy (non-hydrogen) atoms. The largest absolute Gasteiger partial charge is 0.481 e. The minimum absolute atomic E-state index is 0.172. The van der Waals surface area contributed by atoms with Crippen molar-refractivity contribution in [2.45, 2.75) is 188 Å². The van der Waals surface area contributed by atoms with Crippen molar-refractivity contribution >= 4 is 11.9 Å². The van der Waals surface area contributed by atoms with E-state index in [4.69, 9.17) is 0 Å². The summed E-state index contributed by atoms with van der Waals surface area (Å²) >= 11 is 0. The lowest BCUT2D eigenvalue weighted by Gasteiger charge is -2.21. The zero-order valence-corrected chi connectivity index (χ0v) is 26.1. The Kier molecular flexibility index (Phi) is 28.1. The number of carbonyl (C=O) groups excluding carboxylic acids is 1. The Morgan fingerprint density at radius 3 is 1.29 bits per heavy atom. The highest BCUT2D eigenvalue weighted by Gasteiger charge is 2.16. The van der Waals surface area contributed by atoms with Gasteiger partial charge in [0.15, 0.2) is 0 Å². The first-order valence-electron chi connectivity index (χ1n) is 17.1. The first-order chi connectivity index (χ1) is 18.6. The number of hydrogen-bond acceptors (Lipinski definition) is 2. The van der Waals surface area contributed by atoms with Crippen molar-refractivity contribution in [3.05, 3.63) is 0 Å². The van der Waals surface area contributed by atoms with Gasteiger partial charge in [0.2, 0.25) is 5.91 Å². The number of unbranched alkanes of at least 4 members (excludes halogenated alkanes) is 20. The van der Waals surface area contributed by atoms with Gasteiger partial charge in [-0.3, -0.25) is 9.59 Å². The molecule has 0 aliphatic heterocycles. The number of rotatable bonds is 30. The van der Waals surface area contributed by atoms with E-state index >= 15 is 0 Å². The molecular weight excluding hydrogens is 470 g/mol. The van der Waals surface area contributed by atoms with Gasteiger partial charge in [0.1, 0.15) is 0 Å². The highest BCUT2D eigenvalue weighted by molar-refractivity contribution is 5.76. The van der Waals surface area contributed by atoms with Gasteiger partial charge in [0.05, 0.1) is 5.92 Å². The predicted molar refractivity (Wildman–Crippen MR) is 165 cm³/mol. The maximum Gasteiger partial charge on any atom is 0.306 e. The summed E-state index contributed by atoms with van der Waals surface area (Å²) < 4.78 is 0. The summed E-state index contributed by atoms with van der Waals surface area (Å²) in [7, 11) is 0. The number of carbonyl (C=O) groups is 2. The van der Waals surface area contributed by atoms with E-state index in [0.717, 1.165) is 64.5 Å². The Morgan fingerprint density at radius 2 is 0.895 bits per heavy atom. The predicted octanol–water partition coefficient (Wildman–Crippen LogP) is 10.7. The summed E-state index contributed by atoms with van der Waals surface area (Å²) in [6, 6.07) is 0. The van der Waals surface area contributed by atoms with E-state index in [2.05, 4.69) is 20.8 Å². The number of nitrogens with zero attached hydrogens (tertiary/aromatic N) is 1. The van der Waals surface area contributed by atoms with Gasteiger partial charge in [-0.25, -0.2) is 0 Å². The lowest BCUT2D eigenvalue weighted by atomic mass is 9.94. The van der Waals surface area contributed by atoms with Crippen LogP contribution in [0.15, 0.2) is 0 Å². The normalized spacial score (nSPS) is 12.1. The van der Waals surface area contributed by atoms with E-state index in [1.807, 2.05) is 4.90 Å². The van der Waals surface area contributed by atoms with Crippen molar-refractivity contribution in [3.63, 3.8) is 0 Å². The third kappa shape index (κ3) is 24.0. The van der Waals surface area contributed by atoms with Gasteiger partial charge in [-0.05, 0) is 32.6 Å². The molecule has 1 amide bonds. The molecule has 0 saturated carbocycles. The molecule has 0 spiro atoms. The van der Waals surface area contributed by atoms with Gasteiger partial charge < -0.3 is 10.0 Å². The molecule has 0 aromatic heterocycles. The van der Waals surface area contributed by atoms with Crippen molar-refractivity contribution in [2.75, 3.05) is 13.1 Å². The van der Waals surface area contributed by atoms with Crippen molar-refractivity contribution in [1.82, 2.24) is 4.90 Å². The van der Waals surface area contributed by atoms with Crippen LogP contribution < -0.4 is 0 Å². The first-order valence-corrected chi connectivity index (χ1v) is 17.1. The second kappa shape index (κ2) is 28.9. The minimum Gasteiger partial charge on any atom is -0.481 e. The maximum atomic E-state index is 12.6. The lowest BCUT2D eigenvalue weighted by molar-refractivity contribution is -0.142. The van der Waals surface area contributed by atoms with Crippen LogP contribution in [-0.4, -0.2) is 35.0 Å². The van der Waals surface area contributed by atoms with Crippen molar-refractivity contribution < 1.29 is 14.7 Å². The van der Waals surface area contributed by atoms with Crippen LogP contribution in [0.3, 0.4) is 0 Å². The Labute approximate surface area is 238 Å². The summed E-state index contributed by atoms with van der Waals surface area (Å²) in [6.45, 7) is 8.26. The molecule has 0 radical (unpaired) electrons. The smallest absolute Gasteiger partial charge is 0.306 e. The fourth-order valence-electron chi connectivity index (χ4n) is 5.52. The van der Waals surface area contributed by atoms with Gasteiger partial charge in [0, 0.05) is 19.5 Å². The number of carboxylic acids is 1. The first kappa shape index (κ1) is 36.9. The standard InChI is InChI=1S/C34H67NO3/c1-4-7-9-11-13-15-17-18-20-24-28-32(34(37)38)29-25-22-23-27-31-35(6-3)33(36)30-26-21-19-16-14-12-10-8-5-2/h32H,4-31H2,1-3H3,(H,37,38). The zero-order chi connectivity index (χ0) is 28.1. The van der Waals surface area contributed by atoms with Crippen molar-refractivity contribution in [1.29, 1.82) is 0 Å². The van der Waals surface area contributed by atoms with Gasteiger partial charge in [-0.2, -0.15) is 0 Å². The second-order valence-electron chi connectivity index (χ2n) is 11.8. The van der Waals surface area contributed by atoms with E-state index in [9.17, 15) is 14.7 Å². The van der Waals surface area contributed by atoms with Crippen LogP contribution in [-0.2, 0) is 9.59 Å². The summed E-state index contributed by atoms with van der Waals surface area (Å²) in [5.74, 6) is -0.466. The maximum absolute atomic E-state index is 12.6. The Bertz CT molecular complexity index is 516. The Hall–Kier alpha value is -1.06. The molecular formula is C34H67NO3. The molecule has 1 N–H and O–H groups in total. The molecule has 0 heterocycles. The quantitative estimate of drug-likeness (QED) is 0.0927. The lowest BCUT2D eigenvalue weighted by Crippen LogP contribution is -2.31. The van der Waals surface area contributed by atoms with E-state index in [0.29, 0.717) is 12.3 Å². The van der Waals surface area contributed by atoms with E-state index in [1.54, 1.807) is 0 Å². The van der Waals surface area contributed by atoms with Gasteiger partial charge in [0.25, 0.3) is 0 Å². The van der Waals surface area contributed by atoms with E-state index in [-0.39, 0.29) is 5.92 Å². The Morgan fingerprint density at radius 1 is 0.526 bits per heavy atom. The molecule has 0 aliphatic rings. The highest BCUT2D eigenvalue weighted by atomic mass is 16.4. The van der Waals surface area contributed by atoms with Crippen molar-refractivity contribution in [2.24, 2.45) is 5.92 Å². The summed E-state index contributed by atoms with van der Waals surface area (Å²) in [6.07, 6.45) is 31.0. The highest BCUT2D eigenvalue weighted by Crippen LogP contribution is 2.20. The van der Waals surface area contributed by atoms with Crippen LogP contribution >= 0.6 is 0 Å². The van der Waals surface area contributed by atoms with Crippen LogP contribution in [0, 0.1) is 5.92 Å². The monoisotopic (exact) mass is 538 g/mol. The van der Waals surface area contributed by atoms with Gasteiger partial charge in [-0.15, -0.1) is 0 Å². The third-order valence-corrected chi connectivity index (χ3v) is 8.21. The molecule has 0 aromatic carbocycles. The molecule has 1 unspecified atom stereocenters. The van der Waals surface area contributed by atoms with Gasteiger partial charge in [-0.1, -0.05) is 149 Å². The molecule has 0 aliphatic carbocycles. The SMILES string of the molecule is CCCCCCCCCCCCC(CCCCCCN(CC)C(=O)CCCCCCCCCCC)C(=O)O. The Balaban J connectivity index is 3.75. The third-order valence-electron chi connectivity index (χ3n) is 8.21. The van der Waals surface area contributed by atoms with E-state index < -0.39 is 5.97 Å². The zero-order valence-electron chi connectivity index (χ0n) is 26.1. The number of hydrogen-bond donors (Lipinski definition) is 1. The molecule has 0 bridgehead atoms. The molecule has 226 valence electrons. The fourth-order valence-corrected chi connectivity index (χ4v) is 5.52. The number of carboxylic acid groups (broad SMARTS) is 1. The number of amides is 1. The van der Waals surface area contributed by atoms with Gasteiger partial charge >= 0.3 is 5.97 Å². The minimum atomic E-state index is -0.611. The van der Waals surface area contributed by atoms with Crippen LogP contribution in [0.1, 0.15) is 188 Å². The van der Waals surface area contributed by atoms with Crippen LogP contribution in [0.5, 0.6) is 0 Å². The average molecular weight is 538 g/mol. The average Bonchev–Trinajstić information content (AvgIpc) is 2.91. The van der Waals surface area contributed by atoms with Crippen LogP contribution in [0.4, 0.5) is 0 Å². The summed E-state index contributed by atoms with van der Waals surface area (Å²) in [4.78, 5) is 26.3. The topological polar surface area (TPSA) is 57.6 Å². The molecule has 1 atom stereocenters. The molecule has 0 fully saturated rings. The summed E-state index contributed by atoms with van der Waals surface area (Å²) in [5.41, 5.74) is 0. The molecule has 0 rings (SSSR count). The van der Waals surface area contributed by atoms with Crippen molar-refractivity contribution in [3.8, 4) is 0 Å². The molecule has 0 saturated heterocycles. The molecule has 4 nitrogen and oxygen atoms in total. The molecule has 0 aromatic rings. The van der Waals surface area contributed by atoms with E-state index in [1.165, 1.54) is 109 Å².